The fraction of sp³-hybridized carbons (Fsp3) is 0.647. The van der Waals surface area contributed by atoms with E-state index in [2.05, 4.69) is 10.3 Å². The summed E-state index contributed by atoms with van der Waals surface area (Å²) in [4.78, 5) is 16.8. The lowest BCUT2D eigenvalue weighted by atomic mass is 10.0. The first-order chi connectivity index (χ1) is 11.0. The summed E-state index contributed by atoms with van der Waals surface area (Å²) in [5.41, 5.74) is 0.520. The van der Waals surface area contributed by atoms with E-state index in [1.807, 2.05) is 27.7 Å². The minimum Gasteiger partial charge on any atom is -0.475 e. The Morgan fingerprint density at radius 1 is 1.26 bits per heavy atom. The summed E-state index contributed by atoms with van der Waals surface area (Å²) in [5, 5.41) is 2.90. The van der Waals surface area contributed by atoms with Crippen molar-refractivity contribution < 1.29 is 19.0 Å². The smallest absolute Gasteiger partial charge is 0.256 e. The summed E-state index contributed by atoms with van der Waals surface area (Å²) >= 11 is 0. The van der Waals surface area contributed by atoms with Crippen molar-refractivity contribution in [3.63, 3.8) is 0 Å². The third-order valence-corrected chi connectivity index (χ3v) is 3.63. The standard InChI is InChI=1S/C17H28N2O4/c1-6-10-23-17(4,7-2)16(20)19-14-8-9-15(18-13(14)3)22-12-11-21-5/h8-9H,6-7,10-12H2,1-5H3,(H,19,20)/t17-/m1/s1. The second-order valence-electron chi connectivity index (χ2n) is 5.51. The van der Waals surface area contributed by atoms with Crippen molar-refractivity contribution in [2.24, 2.45) is 0 Å². The van der Waals surface area contributed by atoms with Crippen molar-refractivity contribution in [3.8, 4) is 5.88 Å². The molecule has 0 fully saturated rings. The molecule has 6 heteroatoms. The van der Waals surface area contributed by atoms with Gasteiger partial charge in [-0.15, -0.1) is 0 Å². The number of anilines is 1. The number of pyridine rings is 1. The van der Waals surface area contributed by atoms with Gasteiger partial charge in [-0.25, -0.2) is 4.98 Å². The van der Waals surface area contributed by atoms with Gasteiger partial charge in [0, 0.05) is 19.8 Å². The highest BCUT2D eigenvalue weighted by Crippen LogP contribution is 2.22. The molecule has 1 N–H and O–H groups in total. The highest BCUT2D eigenvalue weighted by atomic mass is 16.5. The summed E-state index contributed by atoms with van der Waals surface area (Å²) in [6.07, 6.45) is 1.47. The van der Waals surface area contributed by atoms with E-state index in [-0.39, 0.29) is 5.91 Å². The van der Waals surface area contributed by atoms with Gasteiger partial charge in [-0.2, -0.15) is 0 Å². The molecule has 0 unspecified atom stereocenters. The Morgan fingerprint density at radius 2 is 2.00 bits per heavy atom. The third-order valence-electron chi connectivity index (χ3n) is 3.63. The van der Waals surface area contributed by atoms with Crippen molar-refractivity contribution >= 4 is 11.6 Å². The SMILES string of the molecule is CCCO[C@](C)(CC)C(=O)Nc1ccc(OCCOC)nc1C. The molecule has 0 saturated heterocycles. The first kappa shape index (κ1) is 19.4. The molecule has 0 aliphatic rings. The molecule has 0 saturated carbocycles. The largest absolute Gasteiger partial charge is 0.475 e. The monoisotopic (exact) mass is 324 g/mol. The van der Waals surface area contributed by atoms with Crippen LogP contribution in [0.5, 0.6) is 5.88 Å². The summed E-state index contributed by atoms with van der Waals surface area (Å²) in [5.74, 6) is 0.351. The lowest BCUT2D eigenvalue weighted by Crippen LogP contribution is -2.42. The van der Waals surface area contributed by atoms with Crippen LogP contribution in [0.1, 0.15) is 39.3 Å². The third kappa shape index (κ3) is 5.80. The van der Waals surface area contributed by atoms with E-state index in [0.29, 0.717) is 43.5 Å². The molecule has 6 nitrogen and oxygen atoms in total. The zero-order valence-electron chi connectivity index (χ0n) is 14.8. The van der Waals surface area contributed by atoms with E-state index < -0.39 is 5.60 Å². The van der Waals surface area contributed by atoms with Crippen LogP contribution in [-0.4, -0.2) is 43.4 Å². The molecule has 23 heavy (non-hydrogen) atoms. The van der Waals surface area contributed by atoms with Crippen molar-refractivity contribution in [2.45, 2.75) is 46.1 Å². The van der Waals surface area contributed by atoms with Crippen LogP contribution in [0.2, 0.25) is 0 Å². The maximum Gasteiger partial charge on any atom is 0.256 e. The van der Waals surface area contributed by atoms with Gasteiger partial charge in [-0.05, 0) is 32.8 Å². The Kier molecular flexibility index (Phi) is 7.98. The van der Waals surface area contributed by atoms with Gasteiger partial charge in [0.1, 0.15) is 12.2 Å². The van der Waals surface area contributed by atoms with Gasteiger partial charge in [0.05, 0.1) is 18.0 Å². The van der Waals surface area contributed by atoms with Crippen molar-refractivity contribution in [1.82, 2.24) is 4.98 Å². The van der Waals surface area contributed by atoms with E-state index in [1.165, 1.54) is 0 Å². The van der Waals surface area contributed by atoms with Crippen LogP contribution in [0.3, 0.4) is 0 Å². The second-order valence-corrected chi connectivity index (χ2v) is 5.51. The minimum atomic E-state index is -0.837. The van der Waals surface area contributed by atoms with Gasteiger partial charge < -0.3 is 19.5 Å². The maximum absolute atomic E-state index is 12.5. The molecular formula is C17H28N2O4. The normalized spacial score (nSPS) is 13.4. The number of carbonyl (C=O) groups is 1. The number of nitrogens with zero attached hydrogens (tertiary/aromatic N) is 1. The number of ether oxygens (including phenoxy) is 3. The number of rotatable bonds is 10. The summed E-state index contributed by atoms with van der Waals surface area (Å²) in [6.45, 7) is 9.09. The fourth-order valence-corrected chi connectivity index (χ4v) is 1.89. The fourth-order valence-electron chi connectivity index (χ4n) is 1.89. The lowest BCUT2D eigenvalue weighted by molar-refractivity contribution is -0.139. The maximum atomic E-state index is 12.5. The van der Waals surface area contributed by atoms with Crippen molar-refractivity contribution in [1.29, 1.82) is 0 Å². The molecule has 0 aliphatic heterocycles. The van der Waals surface area contributed by atoms with Crippen molar-refractivity contribution in [3.05, 3.63) is 17.8 Å². The number of aryl methyl sites for hydroxylation is 1. The van der Waals surface area contributed by atoms with Crippen LogP contribution in [-0.2, 0) is 14.3 Å². The van der Waals surface area contributed by atoms with Crippen LogP contribution < -0.4 is 10.1 Å². The minimum absolute atomic E-state index is 0.161. The average Bonchev–Trinajstić information content (AvgIpc) is 2.55. The predicted octanol–water partition coefficient (Wildman–Crippen LogP) is 2.95. The molecule has 0 aromatic carbocycles. The van der Waals surface area contributed by atoms with E-state index in [9.17, 15) is 4.79 Å². The molecule has 130 valence electrons. The van der Waals surface area contributed by atoms with Crippen LogP contribution in [0.25, 0.3) is 0 Å². The number of hydrogen-bond donors (Lipinski definition) is 1. The molecule has 1 aromatic heterocycles. The summed E-state index contributed by atoms with van der Waals surface area (Å²) < 4.78 is 16.1. The molecule has 0 spiro atoms. The number of carbonyl (C=O) groups excluding carboxylic acids is 1. The topological polar surface area (TPSA) is 69.7 Å². The highest BCUT2D eigenvalue weighted by Gasteiger charge is 2.32. The van der Waals surface area contributed by atoms with Gasteiger partial charge in [0.15, 0.2) is 0 Å². The number of amides is 1. The molecule has 1 aromatic rings. The second kappa shape index (κ2) is 9.47. The zero-order chi connectivity index (χ0) is 17.3. The van der Waals surface area contributed by atoms with Crippen LogP contribution in [0.4, 0.5) is 5.69 Å². The van der Waals surface area contributed by atoms with Gasteiger partial charge in [-0.3, -0.25) is 4.79 Å². The first-order valence-corrected chi connectivity index (χ1v) is 8.01. The molecule has 0 bridgehead atoms. The highest BCUT2D eigenvalue weighted by molar-refractivity contribution is 5.97. The van der Waals surface area contributed by atoms with Crippen LogP contribution in [0, 0.1) is 6.92 Å². The van der Waals surface area contributed by atoms with Crippen LogP contribution >= 0.6 is 0 Å². The Labute approximate surface area is 138 Å². The Morgan fingerprint density at radius 3 is 2.57 bits per heavy atom. The van der Waals surface area contributed by atoms with E-state index >= 15 is 0 Å². The first-order valence-electron chi connectivity index (χ1n) is 8.01. The Hall–Kier alpha value is -1.66. The quantitative estimate of drug-likeness (QED) is 0.670. The van der Waals surface area contributed by atoms with E-state index in [1.54, 1.807) is 19.2 Å². The van der Waals surface area contributed by atoms with Gasteiger partial charge in [-0.1, -0.05) is 13.8 Å². The molecule has 1 heterocycles. The molecule has 0 aliphatic carbocycles. The van der Waals surface area contributed by atoms with E-state index in [0.717, 1.165) is 6.42 Å². The molecule has 1 amide bonds. The number of aromatic nitrogens is 1. The molecule has 1 atom stereocenters. The van der Waals surface area contributed by atoms with E-state index in [4.69, 9.17) is 14.2 Å². The van der Waals surface area contributed by atoms with Crippen molar-refractivity contribution in [2.75, 3.05) is 32.2 Å². The van der Waals surface area contributed by atoms with Crippen LogP contribution in [0.15, 0.2) is 12.1 Å². The molecular weight excluding hydrogens is 296 g/mol. The average molecular weight is 324 g/mol. The predicted molar refractivity (Wildman–Crippen MR) is 89.9 cm³/mol. The molecule has 1 rings (SSSR count). The van der Waals surface area contributed by atoms with Gasteiger partial charge >= 0.3 is 0 Å². The Balaban J connectivity index is 2.74. The number of hydrogen-bond acceptors (Lipinski definition) is 5. The Bertz CT molecular complexity index is 507. The lowest BCUT2D eigenvalue weighted by Gasteiger charge is -2.27. The zero-order valence-corrected chi connectivity index (χ0v) is 14.8. The number of methoxy groups -OCH3 is 1. The van der Waals surface area contributed by atoms with Gasteiger partial charge in [0.2, 0.25) is 5.88 Å². The summed E-state index contributed by atoms with van der Waals surface area (Å²) in [6, 6.07) is 3.52. The van der Waals surface area contributed by atoms with Gasteiger partial charge in [0.25, 0.3) is 5.91 Å². The summed E-state index contributed by atoms with van der Waals surface area (Å²) in [7, 11) is 1.62. The molecule has 0 radical (unpaired) electrons. The number of nitrogens with one attached hydrogen (secondary N) is 1.